The third-order valence-electron chi connectivity index (χ3n) is 2.54. The number of hydrogen-bond acceptors (Lipinski definition) is 6. The Morgan fingerprint density at radius 1 is 1.42 bits per heavy atom. The van der Waals surface area contributed by atoms with E-state index in [1.165, 1.54) is 11.8 Å². The van der Waals surface area contributed by atoms with Crippen LogP contribution in [0, 0.1) is 5.92 Å². The minimum Gasteiger partial charge on any atom is -0.273 e. The van der Waals surface area contributed by atoms with E-state index in [4.69, 9.17) is 0 Å². The van der Waals surface area contributed by atoms with Crippen LogP contribution in [0.5, 0.6) is 0 Å². The van der Waals surface area contributed by atoms with Gasteiger partial charge in [0.2, 0.25) is 17.0 Å². The summed E-state index contributed by atoms with van der Waals surface area (Å²) in [6, 6.07) is 0.376. The summed E-state index contributed by atoms with van der Waals surface area (Å²) < 4.78 is 1.74. The molecule has 1 heterocycles. The summed E-state index contributed by atoms with van der Waals surface area (Å²) >= 11 is 1.25. The fraction of sp³-hybridized carbons (Fsp3) is 0.700. The molecule has 9 heteroatoms. The highest BCUT2D eigenvalue weighted by Crippen LogP contribution is 2.36. The lowest BCUT2D eigenvalue weighted by Crippen LogP contribution is -2.44. The van der Waals surface area contributed by atoms with Crippen LogP contribution in [0.4, 0.5) is 0 Å². The Hall–Kier alpha value is -1.64. The van der Waals surface area contributed by atoms with Gasteiger partial charge >= 0.3 is 0 Å². The van der Waals surface area contributed by atoms with Gasteiger partial charge in [0.15, 0.2) is 0 Å². The molecule has 0 spiro atoms. The molecule has 1 aromatic heterocycles. The van der Waals surface area contributed by atoms with Gasteiger partial charge in [-0.15, -0.1) is 5.10 Å². The minimum atomic E-state index is -0.288. The SMILES string of the molecule is CC(C)C(=O)NNC(=O)CSc1nnnn1C1CC1. The highest BCUT2D eigenvalue weighted by atomic mass is 32.2. The number of nitrogens with one attached hydrogen (secondary N) is 2. The maximum absolute atomic E-state index is 11.5. The molecule has 19 heavy (non-hydrogen) atoms. The molecule has 0 bridgehead atoms. The summed E-state index contributed by atoms with van der Waals surface area (Å²) in [5, 5.41) is 12.0. The van der Waals surface area contributed by atoms with Crippen molar-refractivity contribution in [1.82, 2.24) is 31.1 Å². The van der Waals surface area contributed by atoms with Crippen molar-refractivity contribution in [2.75, 3.05) is 5.75 Å². The average Bonchev–Trinajstić information content (AvgIpc) is 3.12. The molecule has 8 nitrogen and oxygen atoms in total. The highest BCUT2D eigenvalue weighted by molar-refractivity contribution is 7.99. The topological polar surface area (TPSA) is 102 Å². The average molecular weight is 284 g/mol. The number of tetrazole rings is 1. The molecule has 2 N–H and O–H groups in total. The summed E-state index contributed by atoms with van der Waals surface area (Å²) in [6.45, 7) is 3.50. The standard InChI is InChI=1S/C10H16N6O2S/c1-6(2)9(18)12-11-8(17)5-19-10-13-14-15-16(10)7-3-4-7/h6-7H,3-5H2,1-2H3,(H,11,17)(H,12,18). The predicted molar refractivity (Wildman–Crippen MR) is 67.9 cm³/mol. The largest absolute Gasteiger partial charge is 0.273 e. The third-order valence-corrected chi connectivity index (χ3v) is 3.47. The second-order valence-electron chi connectivity index (χ2n) is 4.62. The van der Waals surface area contributed by atoms with Crippen molar-refractivity contribution in [3.8, 4) is 0 Å². The van der Waals surface area contributed by atoms with Crippen molar-refractivity contribution in [1.29, 1.82) is 0 Å². The third kappa shape index (κ3) is 3.91. The molecule has 0 aliphatic heterocycles. The van der Waals surface area contributed by atoms with Gasteiger partial charge in [-0.25, -0.2) is 4.68 Å². The van der Waals surface area contributed by atoms with Crippen LogP contribution in [0.25, 0.3) is 0 Å². The fourth-order valence-corrected chi connectivity index (χ4v) is 2.02. The van der Waals surface area contributed by atoms with Crippen LogP contribution >= 0.6 is 11.8 Å². The number of thioether (sulfide) groups is 1. The Bertz CT molecular complexity index is 470. The number of aromatic nitrogens is 4. The van der Waals surface area contributed by atoms with Crippen molar-refractivity contribution >= 4 is 23.6 Å². The van der Waals surface area contributed by atoms with Gasteiger partial charge in [0.1, 0.15) is 0 Å². The van der Waals surface area contributed by atoms with Crippen LogP contribution < -0.4 is 10.9 Å². The maximum Gasteiger partial charge on any atom is 0.248 e. The van der Waals surface area contributed by atoms with Gasteiger partial charge in [-0.05, 0) is 23.3 Å². The lowest BCUT2D eigenvalue weighted by atomic mass is 10.2. The second kappa shape index (κ2) is 6.00. The van der Waals surface area contributed by atoms with E-state index >= 15 is 0 Å². The number of carbonyl (C=O) groups is 2. The van der Waals surface area contributed by atoms with E-state index in [9.17, 15) is 9.59 Å². The molecule has 2 rings (SSSR count). The monoisotopic (exact) mass is 284 g/mol. The van der Waals surface area contributed by atoms with Crippen LogP contribution in [0.3, 0.4) is 0 Å². The zero-order valence-corrected chi connectivity index (χ0v) is 11.6. The lowest BCUT2D eigenvalue weighted by Gasteiger charge is -2.08. The molecule has 1 aliphatic carbocycles. The van der Waals surface area contributed by atoms with Crippen LogP contribution in [0.15, 0.2) is 5.16 Å². The van der Waals surface area contributed by atoms with Gasteiger partial charge in [0, 0.05) is 5.92 Å². The molecule has 104 valence electrons. The van der Waals surface area contributed by atoms with Crippen molar-refractivity contribution in [2.45, 2.75) is 37.9 Å². The van der Waals surface area contributed by atoms with E-state index in [1.54, 1.807) is 18.5 Å². The summed E-state index contributed by atoms with van der Waals surface area (Å²) in [6.07, 6.45) is 2.16. The smallest absolute Gasteiger partial charge is 0.248 e. The van der Waals surface area contributed by atoms with Gasteiger partial charge < -0.3 is 0 Å². The Labute approximate surface area is 114 Å². The first-order valence-electron chi connectivity index (χ1n) is 6.07. The van der Waals surface area contributed by atoms with Gasteiger partial charge in [0.05, 0.1) is 11.8 Å². The van der Waals surface area contributed by atoms with Crippen molar-refractivity contribution in [2.24, 2.45) is 5.92 Å². The van der Waals surface area contributed by atoms with E-state index in [-0.39, 0.29) is 23.5 Å². The second-order valence-corrected chi connectivity index (χ2v) is 5.56. The summed E-state index contributed by atoms with van der Waals surface area (Å²) in [7, 11) is 0. The first kappa shape index (κ1) is 13.8. The molecule has 0 saturated heterocycles. The Kier molecular flexibility index (Phi) is 4.35. The maximum atomic E-state index is 11.5. The fourth-order valence-electron chi connectivity index (χ4n) is 1.27. The van der Waals surface area contributed by atoms with Crippen molar-refractivity contribution in [3.05, 3.63) is 0 Å². The zero-order chi connectivity index (χ0) is 13.8. The number of amides is 2. The Morgan fingerprint density at radius 3 is 2.79 bits per heavy atom. The molecule has 0 radical (unpaired) electrons. The number of carbonyl (C=O) groups excluding carboxylic acids is 2. The Morgan fingerprint density at radius 2 is 2.16 bits per heavy atom. The number of rotatable bonds is 5. The van der Waals surface area contributed by atoms with Crippen LogP contribution in [-0.2, 0) is 9.59 Å². The quantitative estimate of drug-likeness (QED) is 0.578. The van der Waals surface area contributed by atoms with Gasteiger partial charge in [-0.1, -0.05) is 25.6 Å². The molecule has 0 aromatic carbocycles. The summed E-state index contributed by atoms with van der Waals surface area (Å²) in [4.78, 5) is 22.8. The molecule has 1 saturated carbocycles. The van der Waals surface area contributed by atoms with Gasteiger partial charge in [-0.3, -0.25) is 20.4 Å². The highest BCUT2D eigenvalue weighted by Gasteiger charge is 2.28. The Balaban J connectivity index is 1.74. The molecule has 1 aliphatic rings. The number of nitrogens with zero attached hydrogens (tertiary/aromatic N) is 4. The molecular formula is C10H16N6O2S. The normalized spacial score (nSPS) is 14.5. The first-order chi connectivity index (χ1) is 9.08. The van der Waals surface area contributed by atoms with Crippen LogP contribution in [-0.4, -0.2) is 37.8 Å². The molecule has 0 unspecified atom stereocenters. The molecule has 0 atom stereocenters. The van der Waals surface area contributed by atoms with E-state index in [0.717, 1.165) is 12.8 Å². The minimum absolute atomic E-state index is 0.158. The van der Waals surface area contributed by atoms with Crippen LogP contribution in [0.1, 0.15) is 32.7 Å². The van der Waals surface area contributed by atoms with Crippen molar-refractivity contribution < 1.29 is 9.59 Å². The zero-order valence-electron chi connectivity index (χ0n) is 10.8. The first-order valence-corrected chi connectivity index (χ1v) is 7.06. The number of hydrogen-bond donors (Lipinski definition) is 2. The van der Waals surface area contributed by atoms with E-state index in [2.05, 4.69) is 26.4 Å². The molecular weight excluding hydrogens is 268 g/mol. The molecule has 1 fully saturated rings. The molecule has 1 aromatic rings. The molecule has 2 amide bonds. The van der Waals surface area contributed by atoms with E-state index in [1.807, 2.05) is 0 Å². The van der Waals surface area contributed by atoms with Crippen molar-refractivity contribution in [3.63, 3.8) is 0 Å². The van der Waals surface area contributed by atoms with Gasteiger partial charge in [0.25, 0.3) is 0 Å². The summed E-state index contributed by atoms with van der Waals surface area (Å²) in [5.74, 6) is -0.522. The summed E-state index contributed by atoms with van der Waals surface area (Å²) in [5.41, 5.74) is 4.70. The van der Waals surface area contributed by atoms with E-state index < -0.39 is 0 Å². The number of hydrazine groups is 1. The predicted octanol–water partition coefficient (Wildman–Crippen LogP) is -0.0965. The van der Waals surface area contributed by atoms with Gasteiger partial charge in [-0.2, -0.15) is 0 Å². The van der Waals surface area contributed by atoms with E-state index in [0.29, 0.717) is 11.2 Å². The lowest BCUT2D eigenvalue weighted by molar-refractivity contribution is -0.129. The van der Waals surface area contributed by atoms with Crippen LogP contribution in [0.2, 0.25) is 0 Å².